The lowest BCUT2D eigenvalue weighted by molar-refractivity contribution is -0.282. The van der Waals surface area contributed by atoms with Gasteiger partial charge >= 0.3 is 11.9 Å². The van der Waals surface area contributed by atoms with Gasteiger partial charge in [0, 0.05) is 37.5 Å². The number of carbonyl (C=O) groups excluding carboxylic acids is 3. The van der Waals surface area contributed by atoms with Crippen LogP contribution in [0.4, 0.5) is 0 Å². The molecule has 9 atom stereocenters. The Morgan fingerprint density at radius 2 is 1.71 bits per heavy atom. The molecule has 8 nitrogen and oxygen atoms in total. The second-order valence-electron chi connectivity index (χ2n) is 11.8. The van der Waals surface area contributed by atoms with Crippen molar-refractivity contribution in [1.29, 1.82) is 0 Å². The van der Waals surface area contributed by atoms with Crippen molar-refractivity contribution < 1.29 is 39.2 Å². The second-order valence-corrected chi connectivity index (χ2v) is 11.8. The molecule has 0 aromatic rings. The minimum atomic E-state index is -1.53. The van der Waals surface area contributed by atoms with Crippen molar-refractivity contribution in [3.8, 4) is 0 Å². The summed E-state index contributed by atoms with van der Waals surface area (Å²) in [5, 5.41) is 34.8. The lowest BCUT2D eigenvalue weighted by Gasteiger charge is -2.68. The van der Waals surface area contributed by atoms with Gasteiger partial charge in [0.25, 0.3) is 0 Å². The van der Waals surface area contributed by atoms with E-state index in [2.05, 4.69) is 0 Å². The van der Waals surface area contributed by atoms with Crippen molar-refractivity contribution in [3.63, 3.8) is 0 Å². The summed E-state index contributed by atoms with van der Waals surface area (Å²) >= 11 is 0. The van der Waals surface area contributed by atoms with Gasteiger partial charge < -0.3 is 24.8 Å². The monoisotopic (exact) mass is 478 g/mol. The van der Waals surface area contributed by atoms with Crippen molar-refractivity contribution in [1.82, 2.24) is 0 Å². The van der Waals surface area contributed by atoms with E-state index in [-0.39, 0.29) is 18.8 Å². The third-order valence-corrected chi connectivity index (χ3v) is 10.0. The smallest absolute Gasteiger partial charge is 0.303 e. The summed E-state index contributed by atoms with van der Waals surface area (Å²) in [4.78, 5) is 38.9. The normalized spacial score (nSPS) is 47.4. The quantitative estimate of drug-likeness (QED) is 0.406. The molecule has 0 radical (unpaired) electrons. The first-order chi connectivity index (χ1) is 15.6. The number of ether oxygens (including phenoxy) is 2. The highest BCUT2D eigenvalue weighted by atomic mass is 16.6. The van der Waals surface area contributed by atoms with Gasteiger partial charge in [-0.25, -0.2) is 0 Å². The van der Waals surface area contributed by atoms with Crippen molar-refractivity contribution in [2.24, 2.45) is 28.6 Å². The molecule has 6 unspecified atom stereocenters. The Balaban J connectivity index is 2.05. The minimum Gasteiger partial charge on any atom is -0.459 e. The van der Waals surface area contributed by atoms with E-state index in [0.717, 1.165) is 6.42 Å². The van der Waals surface area contributed by atoms with Gasteiger partial charge in [-0.15, -0.1) is 0 Å². The van der Waals surface area contributed by atoms with E-state index in [1.54, 1.807) is 27.7 Å². The van der Waals surface area contributed by atoms with Crippen LogP contribution in [0.3, 0.4) is 0 Å². The number of aliphatic hydroxyl groups excluding tert-OH is 2. The van der Waals surface area contributed by atoms with Crippen LogP contribution in [0.25, 0.3) is 0 Å². The molecule has 34 heavy (non-hydrogen) atoms. The van der Waals surface area contributed by atoms with Crippen LogP contribution in [0.2, 0.25) is 0 Å². The zero-order valence-electron chi connectivity index (χ0n) is 21.2. The van der Waals surface area contributed by atoms with E-state index in [0.29, 0.717) is 17.6 Å². The molecule has 190 valence electrons. The fourth-order valence-electron chi connectivity index (χ4n) is 8.18. The van der Waals surface area contributed by atoms with Gasteiger partial charge in [-0.1, -0.05) is 20.8 Å². The summed E-state index contributed by atoms with van der Waals surface area (Å²) in [5.74, 6) is -3.16. The van der Waals surface area contributed by atoms with Crippen LogP contribution in [-0.4, -0.2) is 62.6 Å². The fraction of sp³-hybridized carbons (Fsp3) is 0.808. The molecule has 4 rings (SSSR count). The molecule has 0 amide bonds. The standard InChI is InChI=1S/C26H38O8/c1-12-17(29)11-26(32)13(2)21-24(7,18(30)10-16-8-9-25(16,21)34-15(4)28)22(31)20(33-14(3)27)19(12)23(26,5)6/h13,16-18,20-21,29-30,32H,8-11H2,1-7H3/t13-,16+,17?,18?,20?,21?,24+,25?,26?/m0/s1. The zero-order valence-corrected chi connectivity index (χ0v) is 21.2. The van der Waals surface area contributed by atoms with E-state index >= 15 is 0 Å². The topological polar surface area (TPSA) is 130 Å². The fourth-order valence-corrected chi connectivity index (χ4v) is 8.18. The van der Waals surface area contributed by atoms with Crippen LogP contribution >= 0.6 is 0 Å². The molecule has 0 aliphatic heterocycles. The van der Waals surface area contributed by atoms with Gasteiger partial charge in [0.1, 0.15) is 5.60 Å². The van der Waals surface area contributed by atoms with Gasteiger partial charge in [0.2, 0.25) is 0 Å². The molecular weight excluding hydrogens is 440 g/mol. The number of fused-ring (bicyclic) bond motifs is 5. The molecule has 3 N–H and O–H groups in total. The van der Waals surface area contributed by atoms with E-state index in [4.69, 9.17) is 9.47 Å². The maximum Gasteiger partial charge on any atom is 0.303 e. The molecule has 4 aliphatic rings. The highest BCUT2D eigenvalue weighted by Crippen LogP contribution is 2.68. The summed E-state index contributed by atoms with van der Waals surface area (Å²) in [7, 11) is 0. The summed E-state index contributed by atoms with van der Waals surface area (Å²) in [6.45, 7) is 11.3. The largest absolute Gasteiger partial charge is 0.459 e. The summed E-state index contributed by atoms with van der Waals surface area (Å²) in [6, 6.07) is 0. The number of hydrogen-bond donors (Lipinski definition) is 3. The van der Waals surface area contributed by atoms with Gasteiger partial charge in [-0.2, -0.15) is 0 Å². The number of hydrogen-bond acceptors (Lipinski definition) is 8. The Labute approximate surface area is 200 Å². The number of ketones is 1. The number of esters is 2. The van der Waals surface area contributed by atoms with Crippen molar-refractivity contribution >= 4 is 17.7 Å². The van der Waals surface area contributed by atoms with E-state index in [1.165, 1.54) is 13.8 Å². The molecule has 4 aliphatic carbocycles. The Kier molecular flexibility index (Phi) is 5.67. The van der Waals surface area contributed by atoms with Gasteiger partial charge in [-0.3, -0.25) is 14.4 Å². The molecule has 0 aromatic carbocycles. The van der Waals surface area contributed by atoms with Crippen LogP contribution < -0.4 is 0 Å². The Morgan fingerprint density at radius 1 is 1.09 bits per heavy atom. The lowest BCUT2D eigenvalue weighted by Crippen LogP contribution is -2.76. The Hall–Kier alpha value is -1.77. The van der Waals surface area contributed by atoms with E-state index < -0.39 is 69.9 Å². The number of Topliss-reactive ketones (excluding diaryl/α,β-unsaturated/α-hetero) is 1. The van der Waals surface area contributed by atoms with Crippen molar-refractivity contribution in [2.45, 2.75) is 104 Å². The first kappa shape index (κ1) is 25.3. The molecule has 3 saturated carbocycles. The predicted molar refractivity (Wildman–Crippen MR) is 121 cm³/mol. The number of rotatable bonds is 2. The number of carbonyl (C=O) groups is 3. The first-order valence-electron chi connectivity index (χ1n) is 12.3. The van der Waals surface area contributed by atoms with Crippen molar-refractivity contribution in [3.05, 3.63) is 11.1 Å². The molecule has 8 heteroatoms. The van der Waals surface area contributed by atoms with E-state index in [1.807, 2.05) is 6.92 Å². The Morgan fingerprint density at radius 3 is 2.21 bits per heavy atom. The summed E-state index contributed by atoms with van der Waals surface area (Å²) in [5.41, 5.74) is -4.19. The minimum absolute atomic E-state index is 0.0149. The third kappa shape index (κ3) is 2.97. The maximum atomic E-state index is 14.4. The molecule has 3 fully saturated rings. The van der Waals surface area contributed by atoms with Crippen LogP contribution in [0, 0.1) is 28.6 Å². The predicted octanol–water partition coefficient (Wildman–Crippen LogP) is 2.07. The van der Waals surface area contributed by atoms with E-state index in [9.17, 15) is 29.7 Å². The first-order valence-corrected chi connectivity index (χ1v) is 12.3. The highest BCUT2D eigenvalue weighted by molar-refractivity contribution is 5.95. The van der Waals surface area contributed by atoms with Crippen LogP contribution in [0.1, 0.15) is 74.1 Å². The van der Waals surface area contributed by atoms with Crippen LogP contribution in [0.15, 0.2) is 11.1 Å². The number of aliphatic hydroxyl groups is 3. The van der Waals surface area contributed by atoms with Gasteiger partial charge in [-0.05, 0) is 50.2 Å². The maximum absolute atomic E-state index is 14.4. The van der Waals surface area contributed by atoms with Gasteiger partial charge in [0.15, 0.2) is 11.9 Å². The average Bonchev–Trinajstić information content (AvgIpc) is 2.71. The molecule has 0 saturated heterocycles. The SMILES string of the molecule is CC(=O)OC1C(=O)[C@]2(C)C(O)C[C@H]3CCC3(OC(C)=O)C2[C@H](C)C2(O)CC(O)C(C)=C1C2(C)C. The molecule has 0 aromatic heterocycles. The summed E-state index contributed by atoms with van der Waals surface area (Å²) in [6.07, 6.45) is -1.96. The second kappa shape index (κ2) is 7.61. The third-order valence-electron chi connectivity index (χ3n) is 10.0. The molecule has 0 spiro atoms. The van der Waals surface area contributed by atoms with Gasteiger partial charge in [0.05, 0.1) is 23.2 Å². The molecule has 0 heterocycles. The van der Waals surface area contributed by atoms with Crippen LogP contribution in [-0.2, 0) is 23.9 Å². The Bertz CT molecular complexity index is 968. The summed E-state index contributed by atoms with van der Waals surface area (Å²) < 4.78 is 11.6. The average molecular weight is 479 g/mol. The highest BCUT2D eigenvalue weighted by Gasteiger charge is 2.75. The molecule has 2 bridgehead atoms. The van der Waals surface area contributed by atoms with Crippen LogP contribution in [0.5, 0.6) is 0 Å². The molecular formula is C26H38O8. The van der Waals surface area contributed by atoms with Crippen molar-refractivity contribution in [2.75, 3.05) is 0 Å². The lowest BCUT2D eigenvalue weighted by atomic mass is 9.39. The zero-order chi connectivity index (χ0) is 25.6.